The first-order valence-corrected chi connectivity index (χ1v) is 5.44. The van der Waals surface area contributed by atoms with Gasteiger partial charge in [0.25, 0.3) is 0 Å². The smallest absolute Gasteiger partial charge is 0.143 e. The lowest BCUT2D eigenvalue weighted by Crippen LogP contribution is -2.28. The highest BCUT2D eigenvalue weighted by molar-refractivity contribution is 4.91. The average molecular weight is 212 g/mol. The van der Waals surface area contributed by atoms with Crippen molar-refractivity contribution in [3.63, 3.8) is 0 Å². The zero-order valence-corrected chi connectivity index (χ0v) is 9.66. The molecule has 5 heteroatoms. The van der Waals surface area contributed by atoms with Crippen molar-refractivity contribution >= 4 is 0 Å². The predicted molar refractivity (Wildman–Crippen MR) is 58.5 cm³/mol. The number of nitrogens with one attached hydrogen (secondary N) is 2. The van der Waals surface area contributed by atoms with E-state index in [0.717, 1.165) is 18.8 Å². The van der Waals surface area contributed by atoms with Crippen LogP contribution < -0.4 is 5.32 Å². The van der Waals surface area contributed by atoms with E-state index in [2.05, 4.69) is 27.4 Å². The van der Waals surface area contributed by atoms with Crippen molar-refractivity contribution in [3.8, 4) is 0 Å². The lowest BCUT2D eigenvalue weighted by Gasteiger charge is -2.17. The van der Waals surface area contributed by atoms with Gasteiger partial charge in [0.1, 0.15) is 12.2 Å². The Balaban J connectivity index is 2.46. The molecule has 0 bridgehead atoms. The van der Waals surface area contributed by atoms with Gasteiger partial charge in [0.15, 0.2) is 0 Å². The highest BCUT2D eigenvalue weighted by Crippen LogP contribution is 2.07. The third-order valence-corrected chi connectivity index (χ3v) is 2.00. The van der Waals surface area contributed by atoms with Crippen molar-refractivity contribution in [3.05, 3.63) is 12.2 Å². The molecule has 2 N–H and O–H groups in total. The molecule has 0 spiro atoms. The molecular weight excluding hydrogens is 192 g/mol. The monoisotopic (exact) mass is 212 g/mol. The molecule has 5 nitrogen and oxygen atoms in total. The second kappa shape index (κ2) is 6.53. The number of hydrogen-bond donors (Lipinski definition) is 2. The molecule has 0 aliphatic rings. The molecule has 0 saturated carbocycles. The van der Waals surface area contributed by atoms with Crippen LogP contribution in [-0.4, -0.2) is 34.4 Å². The number of nitrogens with zero attached hydrogens (tertiary/aromatic N) is 2. The molecule has 15 heavy (non-hydrogen) atoms. The second-order valence-corrected chi connectivity index (χ2v) is 3.76. The summed E-state index contributed by atoms with van der Waals surface area (Å²) in [5, 5.41) is 10.1. The molecule has 1 atom stereocenters. The molecule has 0 amide bonds. The van der Waals surface area contributed by atoms with Crippen LogP contribution in [0.25, 0.3) is 0 Å². The fraction of sp³-hybridized carbons (Fsp3) is 0.800. The summed E-state index contributed by atoms with van der Waals surface area (Å²) in [5.74, 6) is 0.837. The molecular formula is C10H20N4O. The Hall–Kier alpha value is -0.940. The SMILES string of the molecule is CCCNC(COC(C)C)c1ncn[nH]1. The first-order chi connectivity index (χ1) is 7.24. The Kier molecular flexibility index (Phi) is 5.28. The van der Waals surface area contributed by atoms with Crippen molar-refractivity contribution in [1.29, 1.82) is 0 Å². The summed E-state index contributed by atoms with van der Waals surface area (Å²) in [4.78, 5) is 4.14. The van der Waals surface area contributed by atoms with Gasteiger partial charge < -0.3 is 10.1 Å². The van der Waals surface area contributed by atoms with Crippen molar-refractivity contribution in [2.24, 2.45) is 0 Å². The van der Waals surface area contributed by atoms with Gasteiger partial charge in [0.2, 0.25) is 0 Å². The molecule has 0 radical (unpaired) electrons. The third-order valence-electron chi connectivity index (χ3n) is 2.00. The van der Waals surface area contributed by atoms with E-state index in [1.54, 1.807) is 0 Å². The van der Waals surface area contributed by atoms with Gasteiger partial charge in [-0.15, -0.1) is 0 Å². The molecule has 1 aromatic rings. The van der Waals surface area contributed by atoms with Crippen LogP contribution in [0.2, 0.25) is 0 Å². The molecule has 0 saturated heterocycles. The summed E-state index contributed by atoms with van der Waals surface area (Å²) in [6.45, 7) is 7.75. The second-order valence-electron chi connectivity index (χ2n) is 3.76. The maximum absolute atomic E-state index is 5.57. The van der Waals surface area contributed by atoms with Gasteiger partial charge in [-0.25, -0.2) is 4.98 Å². The Morgan fingerprint density at radius 2 is 2.33 bits per heavy atom. The molecule has 1 aromatic heterocycles. The fourth-order valence-corrected chi connectivity index (χ4v) is 1.22. The number of hydrogen-bond acceptors (Lipinski definition) is 4. The lowest BCUT2D eigenvalue weighted by molar-refractivity contribution is 0.0595. The molecule has 86 valence electrons. The third kappa shape index (κ3) is 4.40. The zero-order chi connectivity index (χ0) is 11.1. The van der Waals surface area contributed by atoms with Gasteiger partial charge in [0, 0.05) is 0 Å². The van der Waals surface area contributed by atoms with E-state index in [0.29, 0.717) is 6.61 Å². The Morgan fingerprint density at radius 1 is 1.53 bits per heavy atom. The topological polar surface area (TPSA) is 62.8 Å². The average Bonchev–Trinajstić information content (AvgIpc) is 2.71. The first kappa shape index (κ1) is 12.1. The minimum absolute atomic E-state index is 0.106. The molecule has 0 aliphatic carbocycles. The minimum Gasteiger partial charge on any atom is -0.377 e. The van der Waals surface area contributed by atoms with Gasteiger partial charge in [-0.1, -0.05) is 6.92 Å². The summed E-state index contributed by atoms with van der Waals surface area (Å²) in [6, 6.07) is 0.106. The van der Waals surface area contributed by atoms with E-state index in [-0.39, 0.29) is 12.1 Å². The minimum atomic E-state index is 0.106. The molecule has 1 rings (SSSR count). The Morgan fingerprint density at radius 3 is 2.87 bits per heavy atom. The van der Waals surface area contributed by atoms with Crippen LogP contribution in [0.15, 0.2) is 6.33 Å². The molecule has 1 heterocycles. The van der Waals surface area contributed by atoms with Crippen molar-refractivity contribution in [2.75, 3.05) is 13.2 Å². The van der Waals surface area contributed by atoms with E-state index in [1.165, 1.54) is 6.33 Å². The standard InChI is InChI=1S/C10H20N4O/c1-4-5-11-9(6-15-8(2)3)10-12-7-13-14-10/h7-9,11H,4-6H2,1-3H3,(H,12,13,14). The summed E-state index contributed by atoms with van der Waals surface area (Å²) in [6.07, 6.45) is 2.84. The number of rotatable bonds is 7. The summed E-state index contributed by atoms with van der Waals surface area (Å²) in [5.41, 5.74) is 0. The van der Waals surface area contributed by atoms with Crippen molar-refractivity contribution < 1.29 is 4.74 Å². The molecule has 1 unspecified atom stereocenters. The fourth-order valence-electron chi connectivity index (χ4n) is 1.22. The highest BCUT2D eigenvalue weighted by Gasteiger charge is 2.14. The molecule has 0 fully saturated rings. The molecule has 0 aromatic carbocycles. The van der Waals surface area contributed by atoms with Crippen LogP contribution in [0, 0.1) is 0 Å². The lowest BCUT2D eigenvalue weighted by atomic mass is 10.3. The van der Waals surface area contributed by atoms with Gasteiger partial charge >= 0.3 is 0 Å². The van der Waals surface area contributed by atoms with Crippen LogP contribution >= 0.6 is 0 Å². The van der Waals surface area contributed by atoms with Crippen LogP contribution in [0.4, 0.5) is 0 Å². The maximum Gasteiger partial charge on any atom is 0.143 e. The quantitative estimate of drug-likeness (QED) is 0.714. The van der Waals surface area contributed by atoms with Gasteiger partial charge in [0.05, 0.1) is 18.8 Å². The van der Waals surface area contributed by atoms with Crippen LogP contribution in [0.5, 0.6) is 0 Å². The van der Waals surface area contributed by atoms with Crippen molar-refractivity contribution in [2.45, 2.75) is 39.3 Å². The van der Waals surface area contributed by atoms with E-state index in [9.17, 15) is 0 Å². The van der Waals surface area contributed by atoms with E-state index >= 15 is 0 Å². The van der Waals surface area contributed by atoms with E-state index in [4.69, 9.17) is 4.74 Å². The van der Waals surface area contributed by atoms with Crippen molar-refractivity contribution in [1.82, 2.24) is 20.5 Å². The van der Waals surface area contributed by atoms with Crippen LogP contribution in [0.1, 0.15) is 39.1 Å². The normalized spacial score (nSPS) is 13.3. The first-order valence-electron chi connectivity index (χ1n) is 5.44. The zero-order valence-electron chi connectivity index (χ0n) is 9.66. The highest BCUT2D eigenvalue weighted by atomic mass is 16.5. The molecule has 0 aliphatic heterocycles. The summed E-state index contributed by atoms with van der Waals surface area (Å²) >= 11 is 0. The van der Waals surface area contributed by atoms with Crippen LogP contribution in [0.3, 0.4) is 0 Å². The number of aromatic amines is 1. The van der Waals surface area contributed by atoms with E-state index < -0.39 is 0 Å². The van der Waals surface area contributed by atoms with Gasteiger partial charge in [-0.2, -0.15) is 5.10 Å². The largest absolute Gasteiger partial charge is 0.377 e. The Bertz CT molecular complexity index is 248. The van der Waals surface area contributed by atoms with Gasteiger partial charge in [-0.3, -0.25) is 5.10 Å². The predicted octanol–water partition coefficient (Wildman–Crippen LogP) is 1.27. The number of aromatic nitrogens is 3. The number of ether oxygens (including phenoxy) is 1. The summed E-state index contributed by atoms with van der Waals surface area (Å²) < 4.78 is 5.57. The van der Waals surface area contributed by atoms with E-state index in [1.807, 2.05) is 13.8 Å². The summed E-state index contributed by atoms with van der Waals surface area (Å²) in [7, 11) is 0. The number of H-pyrrole nitrogens is 1. The van der Waals surface area contributed by atoms with Crippen LogP contribution in [-0.2, 0) is 4.74 Å². The Labute approximate surface area is 90.6 Å². The van der Waals surface area contributed by atoms with Gasteiger partial charge in [-0.05, 0) is 26.8 Å². The maximum atomic E-state index is 5.57.